The van der Waals surface area contributed by atoms with Gasteiger partial charge in [0.05, 0.1) is 28.9 Å². The number of fused-ring (bicyclic) bond motifs is 2. The normalized spacial score (nSPS) is 11.7. The number of aliphatic hydroxyl groups excluding tert-OH is 1. The molecular formula is C28H27ClN4O2. The van der Waals surface area contributed by atoms with Gasteiger partial charge in [-0.05, 0) is 47.2 Å². The Morgan fingerprint density at radius 3 is 2.63 bits per heavy atom. The van der Waals surface area contributed by atoms with Gasteiger partial charge >= 0.3 is 0 Å². The fourth-order valence-electron chi connectivity index (χ4n) is 4.75. The lowest BCUT2D eigenvalue weighted by Crippen LogP contribution is -2.22. The van der Waals surface area contributed by atoms with E-state index < -0.39 is 0 Å². The minimum atomic E-state index is -0.145. The summed E-state index contributed by atoms with van der Waals surface area (Å²) in [6, 6.07) is 17.5. The van der Waals surface area contributed by atoms with Gasteiger partial charge in [-0.15, -0.1) is 0 Å². The van der Waals surface area contributed by atoms with Crippen molar-refractivity contribution in [2.45, 2.75) is 33.4 Å². The highest BCUT2D eigenvalue weighted by atomic mass is 35.5. The summed E-state index contributed by atoms with van der Waals surface area (Å²) < 4.78 is 3.54. The molecule has 2 aromatic carbocycles. The highest BCUT2D eigenvalue weighted by molar-refractivity contribution is 6.29. The molecule has 0 aliphatic carbocycles. The molecule has 5 rings (SSSR count). The first-order valence-electron chi connectivity index (χ1n) is 11.7. The molecule has 0 fully saturated rings. The van der Waals surface area contributed by atoms with Crippen LogP contribution in [0.1, 0.15) is 30.7 Å². The number of benzene rings is 2. The number of rotatable bonds is 6. The second kappa shape index (κ2) is 9.29. The molecule has 0 spiro atoms. The van der Waals surface area contributed by atoms with Crippen LogP contribution < -0.4 is 5.56 Å². The van der Waals surface area contributed by atoms with Gasteiger partial charge in [0, 0.05) is 30.6 Å². The van der Waals surface area contributed by atoms with E-state index in [-0.39, 0.29) is 12.2 Å². The summed E-state index contributed by atoms with van der Waals surface area (Å²) in [6.45, 7) is 4.72. The number of pyridine rings is 1. The molecule has 0 atom stereocenters. The predicted octanol–water partition coefficient (Wildman–Crippen LogP) is 5.34. The minimum absolute atomic E-state index is 0.0742. The van der Waals surface area contributed by atoms with Gasteiger partial charge in [-0.1, -0.05) is 61.8 Å². The summed E-state index contributed by atoms with van der Waals surface area (Å²) in [4.78, 5) is 17.9. The van der Waals surface area contributed by atoms with Gasteiger partial charge in [-0.3, -0.25) is 4.79 Å². The molecule has 3 heterocycles. The van der Waals surface area contributed by atoms with Crippen LogP contribution in [0.15, 0.2) is 65.6 Å². The number of aliphatic hydroxyl groups is 1. The number of nitrogens with zero attached hydrogens (tertiary/aromatic N) is 4. The van der Waals surface area contributed by atoms with Crippen molar-refractivity contribution in [1.82, 2.24) is 19.3 Å². The molecule has 0 amide bonds. The summed E-state index contributed by atoms with van der Waals surface area (Å²) in [5.74, 6) is 0.385. The minimum Gasteiger partial charge on any atom is -0.392 e. The van der Waals surface area contributed by atoms with Crippen LogP contribution >= 0.6 is 11.6 Å². The molecule has 35 heavy (non-hydrogen) atoms. The van der Waals surface area contributed by atoms with E-state index in [1.165, 1.54) is 4.68 Å². The Bertz CT molecular complexity index is 1620. The first kappa shape index (κ1) is 23.3. The van der Waals surface area contributed by atoms with Gasteiger partial charge in [0.25, 0.3) is 5.56 Å². The Morgan fingerprint density at radius 1 is 1.06 bits per heavy atom. The van der Waals surface area contributed by atoms with Crippen LogP contribution in [0.5, 0.6) is 0 Å². The first-order chi connectivity index (χ1) is 16.9. The highest BCUT2D eigenvalue weighted by Crippen LogP contribution is 2.33. The maximum atomic E-state index is 13.5. The van der Waals surface area contributed by atoms with Gasteiger partial charge in [0.1, 0.15) is 5.15 Å². The van der Waals surface area contributed by atoms with Crippen LogP contribution in [-0.2, 0) is 26.6 Å². The predicted molar refractivity (Wildman–Crippen MR) is 141 cm³/mol. The molecule has 0 unspecified atom stereocenters. The van der Waals surface area contributed by atoms with Crippen molar-refractivity contribution in [3.63, 3.8) is 0 Å². The van der Waals surface area contributed by atoms with Gasteiger partial charge in [-0.25, -0.2) is 9.67 Å². The molecule has 178 valence electrons. The van der Waals surface area contributed by atoms with Gasteiger partial charge < -0.3 is 9.67 Å². The Hall–Kier alpha value is -3.48. The highest BCUT2D eigenvalue weighted by Gasteiger charge is 2.21. The van der Waals surface area contributed by atoms with Crippen LogP contribution in [0, 0.1) is 5.92 Å². The third-order valence-corrected chi connectivity index (χ3v) is 6.46. The van der Waals surface area contributed by atoms with E-state index in [2.05, 4.69) is 28.5 Å². The first-order valence-corrected chi connectivity index (χ1v) is 12.1. The van der Waals surface area contributed by atoms with E-state index >= 15 is 0 Å². The quantitative estimate of drug-likeness (QED) is 0.329. The second-order valence-corrected chi connectivity index (χ2v) is 9.73. The topological polar surface area (TPSA) is 72.9 Å². The Labute approximate surface area is 208 Å². The zero-order chi connectivity index (χ0) is 24.7. The second-order valence-electron chi connectivity index (χ2n) is 9.35. The molecule has 1 N–H and O–H groups in total. The maximum Gasteiger partial charge on any atom is 0.276 e. The van der Waals surface area contributed by atoms with Crippen molar-refractivity contribution < 1.29 is 5.11 Å². The zero-order valence-electron chi connectivity index (χ0n) is 20.0. The monoisotopic (exact) mass is 486 g/mol. The molecule has 0 saturated carbocycles. The van der Waals surface area contributed by atoms with Crippen molar-refractivity contribution in [3.8, 4) is 11.3 Å². The molecule has 0 radical (unpaired) electrons. The number of halogens is 1. The van der Waals surface area contributed by atoms with Crippen LogP contribution in [0.4, 0.5) is 0 Å². The summed E-state index contributed by atoms with van der Waals surface area (Å²) in [5, 5.41) is 17.3. The number of aryl methyl sites for hydroxylation is 1. The SMILES string of the molecule is CC(C)Cc1nn(C)c(=O)c2c(-c3cccc(CO)c3)n(Cc3cc(Cl)nc4ccccc34)cc12. The van der Waals surface area contributed by atoms with E-state index in [4.69, 9.17) is 11.6 Å². The van der Waals surface area contributed by atoms with Gasteiger partial charge in [-0.2, -0.15) is 5.10 Å². The van der Waals surface area contributed by atoms with E-state index in [0.29, 0.717) is 23.0 Å². The van der Waals surface area contributed by atoms with Crippen LogP contribution in [0.2, 0.25) is 5.15 Å². The van der Waals surface area contributed by atoms with Gasteiger partial charge in [0.2, 0.25) is 0 Å². The molecule has 5 aromatic rings. The van der Waals surface area contributed by atoms with Crippen molar-refractivity contribution in [2.75, 3.05) is 0 Å². The fraction of sp³-hybridized carbons (Fsp3) is 0.250. The van der Waals surface area contributed by atoms with Crippen molar-refractivity contribution in [1.29, 1.82) is 0 Å². The average molecular weight is 487 g/mol. The van der Waals surface area contributed by atoms with E-state index in [9.17, 15) is 9.90 Å². The molecule has 0 bridgehead atoms. The van der Waals surface area contributed by atoms with Gasteiger partial charge in [0.15, 0.2) is 0 Å². The molecule has 3 aromatic heterocycles. The maximum absolute atomic E-state index is 13.5. The van der Waals surface area contributed by atoms with Crippen LogP contribution in [0.25, 0.3) is 32.9 Å². The molecule has 0 aliphatic rings. The standard InChI is InChI=1S/C28H27ClN4O2/c1-17(2)11-24-22-15-33(14-20-13-25(29)30-23-10-5-4-9-21(20)23)27(26(22)28(35)32(3)31-24)19-8-6-7-18(12-19)16-34/h4-10,12-13,15,17,34H,11,14,16H2,1-3H3. The third kappa shape index (κ3) is 4.35. The smallest absolute Gasteiger partial charge is 0.276 e. The molecular weight excluding hydrogens is 460 g/mol. The Kier molecular flexibility index (Phi) is 6.17. The number of hydrogen-bond acceptors (Lipinski definition) is 4. The summed E-state index contributed by atoms with van der Waals surface area (Å²) in [5.41, 5.74) is 5.05. The van der Waals surface area contributed by atoms with E-state index in [1.807, 2.05) is 60.8 Å². The van der Waals surface area contributed by atoms with Crippen LogP contribution in [0.3, 0.4) is 0 Å². The number of aromatic nitrogens is 4. The lowest BCUT2D eigenvalue weighted by atomic mass is 10.0. The molecule has 7 heteroatoms. The van der Waals surface area contributed by atoms with Crippen molar-refractivity contribution >= 4 is 33.3 Å². The third-order valence-electron chi connectivity index (χ3n) is 6.26. The lowest BCUT2D eigenvalue weighted by Gasteiger charge is -2.13. The van der Waals surface area contributed by atoms with Crippen LogP contribution in [-0.4, -0.2) is 24.4 Å². The Balaban J connectivity index is 1.82. The molecule has 0 saturated heterocycles. The molecule has 0 aliphatic heterocycles. The largest absolute Gasteiger partial charge is 0.392 e. The summed E-state index contributed by atoms with van der Waals surface area (Å²) >= 11 is 6.38. The van der Waals surface area contributed by atoms with E-state index in [1.54, 1.807) is 7.05 Å². The van der Waals surface area contributed by atoms with Crippen molar-refractivity contribution in [2.24, 2.45) is 13.0 Å². The van der Waals surface area contributed by atoms with Crippen molar-refractivity contribution in [3.05, 3.63) is 93.1 Å². The fourth-order valence-corrected chi connectivity index (χ4v) is 4.97. The number of para-hydroxylation sites is 1. The summed E-state index contributed by atoms with van der Waals surface area (Å²) in [7, 11) is 1.70. The van der Waals surface area contributed by atoms with E-state index in [0.717, 1.165) is 50.8 Å². The lowest BCUT2D eigenvalue weighted by molar-refractivity contribution is 0.282. The Morgan fingerprint density at radius 2 is 1.86 bits per heavy atom. The number of hydrogen-bond donors (Lipinski definition) is 1. The summed E-state index contributed by atoms with van der Waals surface area (Å²) in [6.07, 6.45) is 2.79. The average Bonchev–Trinajstić information content (AvgIpc) is 3.21. The molecule has 6 nitrogen and oxygen atoms in total. The zero-order valence-corrected chi connectivity index (χ0v) is 20.8.